The van der Waals surface area contributed by atoms with Crippen LogP contribution in [0.15, 0.2) is 24.3 Å². The molecule has 1 aromatic heterocycles. The molecule has 0 fully saturated rings. The number of thiophene rings is 1. The molecule has 2 rings (SSSR count). The van der Waals surface area contributed by atoms with Crippen molar-refractivity contribution >= 4 is 21.4 Å². The van der Waals surface area contributed by atoms with Crippen LogP contribution >= 0.6 is 11.3 Å². The van der Waals surface area contributed by atoms with Gasteiger partial charge in [-0.05, 0) is 42.5 Å². The molecule has 0 aliphatic carbocycles. The molecule has 2 N–H and O–H groups in total. The highest BCUT2D eigenvalue weighted by molar-refractivity contribution is 7.17. The van der Waals surface area contributed by atoms with Crippen molar-refractivity contribution in [3.63, 3.8) is 0 Å². The predicted octanol–water partition coefficient (Wildman–Crippen LogP) is 2.57. The molecular formula is C15H20FNO2S. The van der Waals surface area contributed by atoms with Crippen molar-refractivity contribution < 1.29 is 14.2 Å². The molecule has 2 aromatic rings. The van der Waals surface area contributed by atoms with Gasteiger partial charge in [-0.15, -0.1) is 11.3 Å². The molecule has 1 heterocycles. The number of aliphatic hydroxyl groups is 1. The van der Waals surface area contributed by atoms with Gasteiger partial charge in [-0.2, -0.15) is 4.39 Å². The van der Waals surface area contributed by atoms with E-state index in [-0.39, 0.29) is 11.7 Å². The van der Waals surface area contributed by atoms with Gasteiger partial charge in [0.05, 0.1) is 13.2 Å². The highest BCUT2D eigenvalue weighted by atomic mass is 32.1. The van der Waals surface area contributed by atoms with E-state index in [1.54, 1.807) is 6.07 Å². The Labute approximate surface area is 122 Å². The predicted molar refractivity (Wildman–Crippen MR) is 80.9 cm³/mol. The Balaban J connectivity index is 1.65. The Morgan fingerprint density at radius 3 is 2.95 bits per heavy atom. The lowest BCUT2D eigenvalue weighted by atomic mass is 10.1. The van der Waals surface area contributed by atoms with E-state index in [9.17, 15) is 4.39 Å². The van der Waals surface area contributed by atoms with Crippen molar-refractivity contribution in [1.82, 2.24) is 5.32 Å². The average molecular weight is 297 g/mol. The molecule has 0 radical (unpaired) electrons. The quantitative estimate of drug-likeness (QED) is 0.699. The first-order valence-electron chi connectivity index (χ1n) is 6.87. The van der Waals surface area contributed by atoms with E-state index in [1.165, 1.54) is 16.9 Å². The van der Waals surface area contributed by atoms with Crippen molar-refractivity contribution in [3.8, 4) is 0 Å². The fourth-order valence-corrected chi connectivity index (χ4v) is 2.78. The van der Waals surface area contributed by atoms with E-state index in [0.717, 1.165) is 29.5 Å². The number of aliphatic hydroxyl groups excluding tert-OH is 1. The van der Waals surface area contributed by atoms with Crippen LogP contribution in [0.4, 0.5) is 4.39 Å². The fourth-order valence-electron chi connectivity index (χ4n) is 2.01. The van der Waals surface area contributed by atoms with Gasteiger partial charge in [0.1, 0.15) is 0 Å². The summed E-state index contributed by atoms with van der Waals surface area (Å²) in [7, 11) is 0. The first kappa shape index (κ1) is 15.4. The summed E-state index contributed by atoms with van der Waals surface area (Å²) >= 11 is 1.18. The van der Waals surface area contributed by atoms with Gasteiger partial charge in [0.15, 0.2) is 5.13 Å². The SMILES string of the molecule is OCCNCCCOCCc1ccc2sc(F)cc2c1. The Bertz CT molecular complexity index is 530. The normalized spacial score (nSPS) is 11.3. The second-order valence-corrected chi connectivity index (χ2v) is 5.65. The summed E-state index contributed by atoms with van der Waals surface area (Å²) in [6, 6.07) is 7.61. The largest absolute Gasteiger partial charge is 0.395 e. The summed E-state index contributed by atoms with van der Waals surface area (Å²) in [4.78, 5) is 0. The van der Waals surface area contributed by atoms with E-state index < -0.39 is 0 Å². The molecule has 3 nitrogen and oxygen atoms in total. The summed E-state index contributed by atoms with van der Waals surface area (Å²) in [5.41, 5.74) is 1.17. The van der Waals surface area contributed by atoms with Crippen LogP contribution in [-0.2, 0) is 11.2 Å². The molecule has 0 amide bonds. The summed E-state index contributed by atoms with van der Waals surface area (Å²) in [5, 5.41) is 12.5. The summed E-state index contributed by atoms with van der Waals surface area (Å²) in [5.74, 6) is 0. The van der Waals surface area contributed by atoms with Crippen LogP contribution in [0.1, 0.15) is 12.0 Å². The zero-order valence-corrected chi connectivity index (χ0v) is 12.2. The van der Waals surface area contributed by atoms with Crippen molar-refractivity contribution in [2.24, 2.45) is 0 Å². The van der Waals surface area contributed by atoms with Crippen LogP contribution in [0, 0.1) is 5.13 Å². The minimum absolute atomic E-state index is 0.135. The Morgan fingerprint density at radius 1 is 1.20 bits per heavy atom. The summed E-state index contributed by atoms with van der Waals surface area (Å²) < 4.78 is 19.7. The maximum absolute atomic E-state index is 13.1. The minimum atomic E-state index is -0.135. The molecule has 0 aliphatic heterocycles. The van der Waals surface area contributed by atoms with Crippen molar-refractivity contribution in [1.29, 1.82) is 0 Å². The zero-order chi connectivity index (χ0) is 14.2. The smallest absolute Gasteiger partial charge is 0.177 e. The molecule has 1 aromatic carbocycles. The van der Waals surface area contributed by atoms with Crippen LogP contribution in [0.5, 0.6) is 0 Å². The lowest BCUT2D eigenvalue weighted by Gasteiger charge is -2.05. The lowest BCUT2D eigenvalue weighted by Crippen LogP contribution is -2.20. The average Bonchev–Trinajstić information content (AvgIpc) is 2.81. The third-order valence-corrected chi connectivity index (χ3v) is 3.92. The van der Waals surface area contributed by atoms with Crippen molar-refractivity contribution in [2.75, 3.05) is 32.9 Å². The van der Waals surface area contributed by atoms with Crippen molar-refractivity contribution in [2.45, 2.75) is 12.8 Å². The second-order valence-electron chi connectivity index (χ2n) is 4.61. The monoisotopic (exact) mass is 297 g/mol. The van der Waals surface area contributed by atoms with E-state index in [2.05, 4.69) is 5.32 Å². The van der Waals surface area contributed by atoms with Gasteiger partial charge in [-0.1, -0.05) is 12.1 Å². The summed E-state index contributed by atoms with van der Waals surface area (Å²) in [6.07, 6.45) is 1.78. The van der Waals surface area contributed by atoms with Gasteiger partial charge in [0.2, 0.25) is 0 Å². The van der Waals surface area contributed by atoms with Gasteiger partial charge in [-0.25, -0.2) is 0 Å². The van der Waals surface area contributed by atoms with E-state index >= 15 is 0 Å². The Hall–Kier alpha value is -1.01. The number of nitrogens with one attached hydrogen (secondary N) is 1. The number of hydrogen-bond donors (Lipinski definition) is 2. The highest BCUT2D eigenvalue weighted by Crippen LogP contribution is 2.25. The molecule has 0 bridgehead atoms. The number of ether oxygens (including phenoxy) is 1. The number of rotatable bonds is 9. The van der Waals surface area contributed by atoms with E-state index in [1.807, 2.05) is 18.2 Å². The molecule has 5 heteroatoms. The van der Waals surface area contributed by atoms with Gasteiger partial charge >= 0.3 is 0 Å². The van der Waals surface area contributed by atoms with Crippen LogP contribution in [0.3, 0.4) is 0 Å². The number of halogens is 1. The van der Waals surface area contributed by atoms with Crippen LogP contribution < -0.4 is 5.32 Å². The molecule has 20 heavy (non-hydrogen) atoms. The van der Waals surface area contributed by atoms with Crippen LogP contribution in [-0.4, -0.2) is 38.0 Å². The zero-order valence-electron chi connectivity index (χ0n) is 11.4. The molecular weight excluding hydrogens is 277 g/mol. The molecule has 0 saturated carbocycles. The molecule has 0 atom stereocenters. The molecule has 0 saturated heterocycles. The first-order valence-corrected chi connectivity index (χ1v) is 7.68. The molecule has 0 aliphatic rings. The van der Waals surface area contributed by atoms with Crippen molar-refractivity contribution in [3.05, 3.63) is 35.0 Å². The number of fused-ring (bicyclic) bond motifs is 1. The van der Waals surface area contributed by atoms with Gasteiger partial charge in [-0.3, -0.25) is 0 Å². The first-order chi connectivity index (χ1) is 9.79. The topological polar surface area (TPSA) is 41.5 Å². The fraction of sp³-hybridized carbons (Fsp3) is 0.467. The van der Waals surface area contributed by atoms with Crippen LogP contribution in [0.2, 0.25) is 0 Å². The third-order valence-electron chi connectivity index (χ3n) is 3.02. The Morgan fingerprint density at radius 2 is 2.10 bits per heavy atom. The minimum Gasteiger partial charge on any atom is -0.395 e. The lowest BCUT2D eigenvalue weighted by molar-refractivity contribution is 0.134. The highest BCUT2D eigenvalue weighted by Gasteiger charge is 2.02. The Kier molecular flexibility index (Phi) is 6.39. The summed E-state index contributed by atoms with van der Waals surface area (Å²) in [6.45, 7) is 3.07. The number of hydrogen-bond acceptors (Lipinski definition) is 4. The molecule has 0 unspecified atom stereocenters. The van der Waals surface area contributed by atoms with E-state index in [4.69, 9.17) is 9.84 Å². The second kappa shape index (κ2) is 8.32. The van der Waals surface area contributed by atoms with Crippen LogP contribution in [0.25, 0.3) is 10.1 Å². The maximum Gasteiger partial charge on any atom is 0.177 e. The maximum atomic E-state index is 13.1. The van der Waals surface area contributed by atoms with E-state index in [0.29, 0.717) is 19.8 Å². The third kappa shape index (κ3) is 4.83. The molecule has 110 valence electrons. The standard InChI is InChI=1S/C15H20FNO2S/c16-15-11-13-10-12(2-3-14(13)20-15)4-9-19-8-1-5-17-6-7-18/h2-3,10-11,17-18H,1,4-9H2. The molecule has 0 spiro atoms. The number of benzene rings is 1. The van der Waals surface area contributed by atoms with Gasteiger partial charge in [0, 0.05) is 17.9 Å². The van der Waals surface area contributed by atoms with Gasteiger partial charge < -0.3 is 15.2 Å². The van der Waals surface area contributed by atoms with Gasteiger partial charge in [0.25, 0.3) is 0 Å².